The standard InChI is InChI=1S/C30H29FN6O2S/c1-3-36(30-35-28(27(16-32)40-30)19-6-8-20(31)9-7-19)25-15-24(18-4-5-18)34-23-11-10-21(14-22(23)25)37-13-12-33-17-26(37)29(38)39-2/h6-11,14-15,18,26,33H,3-5,12-13,17H2,1-2H3/t26-/m0/s1. The number of hydrogen-bond donors (Lipinski definition) is 1. The van der Waals surface area contributed by atoms with Gasteiger partial charge in [0.25, 0.3) is 0 Å². The predicted octanol–water partition coefficient (Wildman–Crippen LogP) is 5.36. The third kappa shape index (κ3) is 4.87. The molecule has 10 heteroatoms. The van der Waals surface area contributed by atoms with Crippen LogP contribution in [0.1, 0.15) is 36.3 Å². The van der Waals surface area contributed by atoms with Crippen LogP contribution in [0.25, 0.3) is 22.2 Å². The Morgan fingerprint density at radius 1 is 1.23 bits per heavy atom. The summed E-state index contributed by atoms with van der Waals surface area (Å²) in [6.07, 6.45) is 2.24. The van der Waals surface area contributed by atoms with Gasteiger partial charge in [0.1, 0.15) is 28.5 Å². The number of fused-ring (bicyclic) bond motifs is 1. The monoisotopic (exact) mass is 556 g/mol. The fraction of sp³-hybridized carbons (Fsp3) is 0.333. The molecule has 2 aromatic carbocycles. The van der Waals surface area contributed by atoms with E-state index < -0.39 is 6.04 Å². The van der Waals surface area contributed by atoms with Gasteiger partial charge in [-0.3, -0.25) is 4.98 Å². The highest BCUT2D eigenvalue weighted by Crippen LogP contribution is 2.44. The second kappa shape index (κ2) is 10.8. The van der Waals surface area contributed by atoms with E-state index in [2.05, 4.69) is 40.2 Å². The summed E-state index contributed by atoms with van der Waals surface area (Å²) in [5.74, 6) is -0.164. The second-order valence-electron chi connectivity index (χ2n) is 10.0. The molecule has 0 amide bonds. The van der Waals surface area contributed by atoms with Crippen molar-refractivity contribution in [3.05, 3.63) is 64.9 Å². The van der Waals surface area contributed by atoms with Crippen LogP contribution in [0.5, 0.6) is 0 Å². The van der Waals surface area contributed by atoms with E-state index in [9.17, 15) is 14.4 Å². The van der Waals surface area contributed by atoms with Crippen molar-refractivity contribution in [1.29, 1.82) is 5.26 Å². The molecule has 0 radical (unpaired) electrons. The number of esters is 1. The maximum atomic E-state index is 13.6. The van der Waals surface area contributed by atoms with Gasteiger partial charge in [0, 0.05) is 54.4 Å². The van der Waals surface area contributed by atoms with E-state index in [-0.39, 0.29) is 11.8 Å². The molecule has 6 rings (SSSR count). The van der Waals surface area contributed by atoms with Gasteiger partial charge in [0.2, 0.25) is 0 Å². The number of nitrogens with one attached hydrogen (secondary N) is 1. The molecule has 1 aliphatic heterocycles. The van der Waals surface area contributed by atoms with Gasteiger partial charge in [-0.25, -0.2) is 14.2 Å². The first-order valence-corrected chi connectivity index (χ1v) is 14.3. The Bertz CT molecular complexity index is 1610. The summed E-state index contributed by atoms with van der Waals surface area (Å²) in [7, 11) is 1.42. The Hall–Kier alpha value is -4.07. The first kappa shape index (κ1) is 26.2. The number of benzene rings is 2. The highest BCUT2D eigenvalue weighted by Gasteiger charge is 2.31. The first-order chi connectivity index (χ1) is 19.5. The zero-order valence-electron chi connectivity index (χ0n) is 22.4. The van der Waals surface area contributed by atoms with Crippen LogP contribution in [0, 0.1) is 17.1 Å². The van der Waals surface area contributed by atoms with Crippen LogP contribution < -0.4 is 15.1 Å². The van der Waals surface area contributed by atoms with Gasteiger partial charge in [-0.2, -0.15) is 5.26 Å². The summed E-state index contributed by atoms with van der Waals surface area (Å²) in [5, 5.41) is 14.8. The molecule has 2 aliphatic rings. The maximum absolute atomic E-state index is 13.6. The van der Waals surface area contributed by atoms with E-state index in [4.69, 9.17) is 14.7 Å². The Kier molecular flexibility index (Phi) is 7.09. The smallest absolute Gasteiger partial charge is 0.329 e. The molecule has 3 heterocycles. The summed E-state index contributed by atoms with van der Waals surface area (Å²) in [6.45, 7) is 4.62. The van der Waals surface area contributed by atoms with Crippen LogP contribution in [0.3, 0.4) is 0 Å². The molecule has 1 aliphatic carbocycles. The molecule has 2 aromatic heterocycles. The number of hydrogen-bond acceptors (Lipinski definition) is 9. The highest BCUT2D eigenvalue weighted by molar-refractivity contribution is 7.16. The molecular formula is C30H29FN6O2S. The summed E-state index contributed by atoms with van der Waals surface area (Å²) < 4.78 is 18.7. The lowest BCUT2D eigenvalue weighted by molar-refractivity contribution is -0.142. The number of carbonyl (C=O) groups excluding carboxylic acids is 1. The molecule has 8 nitrogen and oxygen atoms in total. The van der Waals surface area contributed by atoms with Crippen molar-refractivity contribution in [1.82, 2.24) is 15.3 Å². The molecular weight excluding hydrogens is 527 g/mol. The van der Waals surface area contributed by atoms with Crippen LogP contribution in [-0.4, -0.2) is 55.3 Å². The van der Waals surface area contributed by atoms with Crippen LogP contribution >= 0.6 is 11.3 Å². The quantitative estimate of drug-likeness (QED) is 0.304. The number of halogens is 1. The normalized spacial score (nSPS) is 17.1. The zero-order valence-corrected chi connectivity index (χ0v) is 23.2. The van der Waals surface area contributed by atoms with Gasteiger partial charge in [-0.1, -0.05) is 11.3 Å². The molecule has 4 aromatic rings. The van der Waals surface area contributed by atoms with E-state index in [1.54, 1.807) is 12.1 Å². The van der Waals surface area contributed by atoms with Crippen molar-refractivity contribution < 1.29 is 13.9 Å². The Balaban J connectivity index is 1.47. The molecule has 40 heavy (non-hydrogen) atoms. The van der Waals surface area contributed by atoms with Crippen molar-refractivity contribution in [2.45, 2.75) is 31.7 Å². The summed E-state index contributed by atoms with van der Waals surface area (Å²) in [5.41, 5.74) is 5.06. The zero-order chi connectivity index (χ0) is 27.8. The molecule has 2 fully saturated rings. The van der Waals surface area contributed by atoms with Crippen molar-refractivity contribution in [2.24, 2.45) is 0 Å². The number of nitriles is 1. The number of thiazole rings is 1. The Morgan fingerprint density at radius 3 is 2.73 bits per heavy atom. The number of nitrogens with zero attached hydrogens (tertiary/aromatic N) is 5. The van der Waals surface area contributed by atoms with Crippen molar-refractivity contribution >= 4 is 44.7 Å². The predicted molar refractivity (Wildman–Crippen MR) is 155 cm³/mol. The maximum Gasteiger partial charge on any atom is 0.329 e. The van der Waals surface area contributed by atoms with E-state index in [0.29, 0.717) is 46.8 Å². The topological polar surface area (TPSA) is 94.4 Å². The number of ether oxygens (including phenoxy) is 1. The number of rotatable bonds is 7. The Labute approximate surface area is 236 Å². The molecule has 0 unspecified atom stereocenters. The minimum atomic E-state index is -0.420. The third-order valence-corrected chi connectivity index (χ3v) is 8.49. The average molecular weight is 557 g/mol. The van der Waals surface area contributed by atoms with Gasteiger partial charge in [-0.15, -0.1) is 0 Å². The largest absolute Gasteiger partial charge is 0.467 e. The second-order valence-corrected chi connectivity index (χ2v) is 11.0. The SMILES string of the molecule is CCN(c1nc(-c2ccc(F)cc2)c(C#N)s1)c1cc(C2CC2)nc2ccc(N3CCNC[C@H]3C(=O)OC)cc12. The van der Waals surface area contributed by atoms with E-state index >= 15 is 0 Å². The molecule has 0 bridgehead atoms. The van der Waals surface area contributed by atoms with E-state index in [1.807, 2.05) is 12.1 Å². The molecule has 1 saturated carbocycles. The van der Waals surface area contributed by atoms with Crippen molar-refractivity contribution in [2.75, 3.05) is 43.1 Å². The first-order valence-electron chi connectivity index (χ1n) is 13.4. The minimum absolute atomic E-state index is 0.273. The van der Waals surface area contributed by atoms with Crippen LogP contribution in [0.2, 0.25) is 0 Å². The summed E-state index contributed by atoms with van der Waals surface area (Å²) in [6, 6.07) is 16.2. The third-order valence-electron chi connectivity index (χ3n) is 7.51. The molecule has 1 atom stereocenters. The fourth-order valence-electron chi connectivity index (χ4n) is 5.28. The molecule has 0 spiro atoms. The Morgan fingerprint density at radius 2 is 2.02 bits per heavy atom. The number of piperazine rings is 1. The number of methoxy groups -OCH3 is 1. The van der Waals surface area contributed by atoms with Gasteiger partial charge >= 0.3 is 5.97 Å². The summed E-state index contributed by atoms with van der Waals surface area (Å²) in [4.78, 5) is 27.1. The number of pyridine rings is 1. The molecule has 1 N–H and O–H groups in total. The van der Waals surface area contributed by atoms with Crippen molar-refractivity contribution in [3.8, 4) is 17.3 Å². The van der Waals surface area contributed by atoms with Crippen LogP contribution in [0.15, 0.2) is 48.5 Å². The van der Waals surface area contributed by atoms with Gasteiger partial charge in [0.15, 0.2) is 5.13 Å². The number of anilines is 3. The molecule has 1 saturated heterocycles. The van der Waals surface area contributed by atoms with Crippen LogP contribution in [0.4, 0.5) is 20.9 Å². The summed E-state index contributed by atoms with van der Waals surface area (Å²) >= 11 is 1.32. The minimum Gasteiger partial charge on any atom is -0.467 e. The lowest BCUT2D eigenvalue weighted by Gasteiger charge is -2.36. The van der Waals surface area contributed by atoms with Gasteiger partial charge in [0.05, 0.1) is 18.3 Å². The number of aromatic nitrogens is 2. The average Bonchev–Trinajstić information content (AvgIpc) is 3.76. The lowest BCUT2D eigenvalue weighted by atomic mass is 10.1. The number of carbonyl (C=O) groups is 1. The fourth-order valence-corrected chi connectivity index (χ4v) is 6.24. The van der Waals surface area contributed by atoms with Gasteiger partial charge in [-0.05, 0) is 68.3 Å². The van der Waals surface area contributed by atoms with E-state index in [0.717, 1.165) is 47.4 Å². The van der Waals surface area contributed by atoms with E-state index in [1.165, 1.54) is 30.6 Å². The van der Waals surface area contributed by atoms with Crippen LogP contribution in [-0.2, 0) is 9.53 Å². The van der Waals surface area contributed by atoms with Crippen molar-refractivity contribution in [3.63, 3.8) is 0 Å². The highest BCUT2D eigenvalue weighted by atomic mass is 32.1. The molecule has 204 valence electrons. The van der Waals surface area contributed by atoms with Gasteiger partial charge < -0.3 is 19.9 Å². The lowest BCUT2D eigenvalue weighted by Crippen LogP contribution is -2.55.